The highest BCUT2D eigenvalue weighted by atomic mass is 16.5. The molecule has 0 spiro atoms. The zero-order valence-electron chi connectivity index (χ0n) is 22.1. The van der Waals surface area contributed by atoms with E-state index in [-0.39, 0.29) is 12.0 Å². The Morgan fingerprint density at radius 2 is 1.90 bits per heavy atom. The Balaban J connectivity index is 1.31. The van der Waals surface area contributed by atoms with Crippen molar-refractivity contribution in [1.29, 1.82) is 5.26 Å². The lowest BCUT2D eigenvalue weighted by Gasteiger charge is -2.23. The first-order chi connectivity index (χ1) is 19.5. The summed E-state index contributed by atoms with van der Waals surface area (Å²) >= 11 is 0. The molecule has 1 N–H and O–H groups in total. The number of nitriles is 1. The number of hydrogen-bond acceptors (Lipinski definition) is 8. The van der Waals surface area contributed by atoms with Crippen LogP contribution < -0.4 is 9.47 Å². The molecule has 1 atom stereocenters. The van der Waals surface area contributed by atoms with Crippen molar-refractivity contribution in [2.24, 2.45) is 0 Å². The number of nitrogens with zero attached hydrogens (tertiary/aromatic N) is 3. The van der Waals surface area contributed by atoms with Gasteiger partial charge in [-0.3, -0.25) is 9.78 Å². The summed E-state index contributed by atoms with van der Waals surface area (Å²) in [5.41, 5.74) is 4.49. The van der Waals surface area contributed by atoms with Crippen LogP contribution in [0.1, 0.15) is 35.2 Å². The molecule has 0 saturated carbocycles. The zero-order chi connectivity index (χ0) is 27.6. The normalized spacial score (nSPS) is 17.6. The van der Waals surface area contributed by atoms with E-state index in [0.717, 1.165) is 29.5 Å². The number of furan rings is 1. The maximum Gasteiger partial charge on any atom is 0.257 e. The van der Waals surface area contributed by atoms with Crippen molar-refractivity contribution in [2.45, 2.75) is 31.5 Å². The van der Waals surface area contributed by atoms with Gasteiger partial charge in [0.25, 0.3) is 5.91 Å². The number of aliphatic hydroxyl groups is 1. The highest BCUT2D eigenvalue weighted by Crippen LogP contribution is 2.37. The van der Waals surface area contributed by atoms with Crippen LogP contribution >= 0.6 is 0 Å². The molecule has 9 nitrogen and oxygen atoms in total. The number of aliphatic hydroxyl groups excluding tert-OH is 1. The van der Waals surface area contributed by atoms with Crippen molar-refractivity contribution in [1.82, 2.24) is 9.88 Å². The maximum atomic E-state index is 13.0. The third-order valence-electron chi connectivity index (χ3n) is 7.45. The van der Waals surface area contributed by atoms with E-state index >= 15 is 0 Å². The average molecular weight is 540 g/mol. The average Bonchev–Trinajstić information content (AvgIpc) is 3.63. The molecule has 2 aliphatic heterocycles. The fraction of sp³-hybridized carbons (Fsp3) is 0.323. The zero-order valence-corrected chi connectivity index (χ0v) is 22.1. The summed E-state index contributed by atoms with van der Waals surface area (Å²) < 4.78 is 23.4. The molecule has 2 aromatic carbocycles. The van der Waals surface area contributed by atoms with Crippen LogP contribution in [0.2, 0.25) is 0 Å². The molecular formula is C31H29N3O6. The van der Waals surface area contributed by atoms with Crippen LogP contribution in [0.4, 0.5) is 0 Å². The van der Waals surface area contributed by atoms with E-state index in [1.165, 1.54) is 7.11 Å². The monoisotopic (exact) mass is 539 g/mol. The fourth-order valence-electron chi connectivity index (χ4n) is 5.29. The van der Waals surface area contributed by atoms with Crippen LogP contribution in [-0.4, -0.2) is 66.5 Å². The molecule has 0 aliphatic carbocycles. The number of β-amino-alcohol motifs (C(OH)–C–C–N with tert-alkyl or cyclic N) is 1. The van der Waals surface area contributed by atoms with Crippen LogP contribution in [0.25, 0.3) is 33.6 Å². The van der Waals surface area contributed by atoms with Gasteiger partial charge in [0.15, 0.2) is 5.58 Å². The Kier molecular flexibility index (Phi) is 7.11. The van der Waals surface area contributed by atoms with Crippen molar-refractivity contribution < 1.29 is 28.5 Å². The van der Waals surface area contributed by atoms with Crippen molar-refractivity contribution in [3.05, 3.63) is 65.9 Å². The molecule has 2 fully saturated rings. The van der Waals surface area contributed by atoms with Crippen LogP contribution in [0.3, 0.4) is 0 Å². The lowest BCUT2D eigenvalue weighted by atomic mass is 10.0. The molecule has 2 aliphatic rings. The van der Waals surface area contributed by atoms with Gasteiger partial charge in [-0.25, -0.2) is 0 Å². The minimum atomic E-state index is -0.494. The number of likely N-dealkylation sites (tertiary alicyclic amines) is 1. The molecule has 2 aromatic heterocycles. The number of carbonyl (C=O) groups is 1. The number of carbonyl (C=O) groups excluding carboxylic acids is 1. The Morgan fingerprint density at radius 3 is 2.65 bits per heavy atom. The summed E-state index contributed by atoms with van der Waals surface area (Å²) in [5.74, 6) is 1.39. The van der Waals surface area contributed by atoms with Gasteiger partial charge >= 0.3 is 0 Å². The quantitative estimate of drug-likeness (QED) is 0.371. The third-order valence-corrected chi connectivity index (χ3v) is 7.45. The van der Waals surface area contributed by atoms with E-state index in [9.17, 15) is 15.2 Å². The van der Waals surface area contributed by atoms with Crippen LogP contribution in [0, 0.1) is 11.3 Å². The molecular weight excluding hydrogens is 510 g/mol. The van der Waals surface area contributed by atoms with Gasteiger partial charge in [-0.2, -0.15) is 5.26 Å². The summed E-state index contributed by atoms with van der Waals surface area (Å²) in [7, 11) is 1.52. The first-order valence-electron chi connectivity index (χ1n) is 13.4. The highest BCUT2D eigenvalue weighted by Gasteiger charge is 2.27. The Labute approximate surface area is 231 Å². The second-order valence-electron chi connectivity index (χ2n) is 10.0. The van der Waals surface area contributed by atoms with Gasteiger partial charge in [-0.15, -0.1) is 0 Å². The first-order valence-corrected chi connectivity index (χ1v) is 13.4. The summed E-state index contributed by atoms with van der Waals surface area (Å²) in [6.07, 6.45) is 3.42. The largest absolute Gasteiger partial charge is 0.496 e. The summed E-state index contributed by atoms with van der Waals surface area (Å²) in [4.78, 5) is 19.1. The molecule has 0 radical (unpaired) electrons. The number of amides is 1. The number of fused-ring (bicyclic) bond motifs is 1. The molecule has 1 amide bonds. The van der Waals surface area contributed by atoms with E-state index in [4.69, 9.17) is 18.6 Å². The molecule has 0 bridgehead atoms. The number of pyridine rings is 1. The summed E-state index contributed by atoms with van der Waals surface area (Å²) in [6, 6.07) is 16.8. The molecule has 0 unspecified atom stereocenters. The van der Waals surface area contributed by atoms with Crippen LogP contribution in [0.15, 0.2) is 59.1 Å². The topological polar surface area (TPSA) is 118 Å². The van der Waals surface area contributed by atoms with Gasteiger partial charge in [0.05, 0.1) is 37.6 Å². The van der Waals surface area contributed by atoms with Crippen molar-refractivity contribution in [3.63, 3.8) is 0 Å². The van der Waals surface area contributed by atoms with Gasteiger partial charge in [0.2, 0.25) is 0 Å². The van der Waals surface area contributed by atoms with E-state index in [1.807, 2.05) is 36.4 Å². The Morgan fingerprint density at radius 1 is 1.07 bits per heavy atom. The van der Waals surface area contributed by atoms with Gasteiger partial charge in [-0.1, -0.05) is 12.1 Å². The lowest BCUT2D eigenvalue weighted by molar-refractivity contribution is 0.0254. The summed E-state index contributed by atoms with van der Waals surface area (Å²) in [6.45, 7) is 2.15. The van der Waals surface area contributed by atoms with E-state index < -0.39 is 6.10 Å². The number of hydrogen-bond donors (Lipinski definition) is 1. The smallest absolute Gasteiger partial charge is 0.257 e. The van der Waals surface area contributed by atoms with Crippen LogP contribution in [-0.2, 0) is 4.74 Å². The fourth-order valence-corrected chi connectivity index (χ4v) is 5.29. The van der Waals surface area contributed by atoms with Gasteiger partial charge in [0.1, 0.15) is 34.9 Å². The predicted molar refractivity (Wildman–Crippen MR) is 147 cm³/mol. The standard InChI is InChI=1S/C31H29N3O6/c1-37-29-15-20(2-4-25(29)31(36)34-11-7-22(35)18-34)28-16-26-30(40-28)24(6-10-33-26)19-3-5-27(21(14-19)17-32)39-23-8-12-38-13-9-23/h2-6,10,14-16,22-23,35H,7-9,11-13,18H2,1H3/t22-/m0/s1. The Bertz CT molecular complexity index is 1600. The Hall–Kier alpha value is -4.39. The van der Waals surface area contributed by atoms with Crippen molar-refractivity contribution in [2.75, 3.05) is 33.4 Å². The number of rotatable bonds is 6. The molecule has 204 valence electrons. The molecule has 4 heterocycles. The number of methoxy groups -OCH3 is 1. The highest BCUT2D eigenvalue weighted by molar-refractivity contribution is 5.98. The molecule has 2 saturated heterocycles. The predicted octanol–water partition coefficient (Wildman–Crippen LogP) is 4.81. The summed E-state index contributed by atoms with van der Waals surface area (Å²) in [5, 5.41) is 19.7. The second kappa shape index (κ2) is 11.0. The van der Waals surface area contributed by atoms with Gasteiger partial charge in [-0.05, 0) is 42.3 Å². The number of aromatic nitrogens is 1. The molecule has 4 aromatic rings. The number of benzene rings is 2. The minimum absolute atomic E-state index is 0.0348. The molecule has 6 rings (SSSR count). The minimum Gasteiger partial charge on any atom is -0.496 e. The second-order valence-corrected chi connectivity index (χ2v) is 10.0. The maximum absolute atomic E-state index is 13.0. The van der Waals surface area contributed by atoms with Crippen molar-refractivity contribution in [3.8, 4) is 40.0 Å². The van der Waals surface area contributed by atoms with Gasteiger partial charge < -0.3 is 28.6 Å². The lowest BCUT2D eigenvalue weighted by Crippen LogP contribution is -2.29. The van der Waals surface area contributed by atoms with Crippen molar-refractivity contribution >= 4 is 17.0 Å². The SMILES string of the molecule is COc1cc(-c2cc3nccc(-c4ccc(OC5CCOCC5)c(C#N)c4)c3o2)ccc1C(=O)N1CC[C@H](O)C1. The van der Waals surface area contributed by atoms with Gasteiger partial charge in [0, 0.05) is 49.3 Å². The molecule has 9 heteroatoms. The van der Waals surface area contributed by atoms with E-state index in [0.29, 0.717) is 72.2 Å². The van der Waals surface area contributed by atoms with Crippen LogP contribution in [0.5, 0.6) is 11.5 Å². The van der Waals surface area contributed by atoms with E-state index in [1.54, 1.807) is 23.2 Å². The molecule has 40 heavy (non-hydrogen) atoms. The third kappa shape index (κ3) is 4.99. The number of ether oxygens (including phenoxy) is 3. The van der Waals surface area contributed by atoms with E-state index in [2.05, 4.69) is 11.1 Å². The first kappa shape index (κ1) is 25.9.